The Morgan fingerprint density at radius 1 is 1.38 bits per heavy atom. The molecule has 1 N–H and O–H groups in total. The van der Waals surface area contributed by atoms with Gasteiger partial charge in [0.25, 0.3) is 0 Å². The Labute approximate surface area is 95.7 Å². The van der Waals surface area contributed by atoms with Crippen molar-refractivity contribution in [2.75, 3.05) is 0 Å². The van der Waals surface area contributed by atoms with E-state index in [2.05, 4.69) is 5.32 Å². The molecule has 0 aromatic carbocycles. The minimum Gasteiger partial charge on any atom is -0.460 e. The molecule has 1 saturated carbocycles. The van der Waals surface area contributed by atoms with Crippen LogP contribution in [0.25, 0.3) is 0 Å². The number of esters is 1. The zero-order valence-corrected chi connectivity index (χ0v) is 10.1. The molecule has 1 aliphatic carbocycles. The number of β-lactam (4-membered cyclic amide) rings is 1. The van der Waals surface area contributed by atoms with Gasteiger partial charge in [-0.25, -0.2) is 0 Å². The van der Waals surface area contributed by atoms with Crippen molar-refractivity contribution in [3.8, 4) is 0 Å². The predicted molar refractivity (Wildman–Crippen MR) is 58.6 cm³/mol. The Morgan fingerprint density at radius 2 is 2.06 bits per heavy atom. The summed E-state index contributed by atoms with van der Waals surface area (Å²) in [6, 6.07) is 0.0242. The van der Waals surface area contributed by atoms with Crippen molar-refractivity contribution in [1.82, 2.24) is 5.32 Å². The second-order valence-corrected chi connectivity index (χ2v) is 5.71. The number of hydrogen-bond acceptors (Lipinski definition) is 3. The van der Waals surface area contributed by atoms with Gasteiger partial charge in [0.2, 0.25) is 5.91 Å². The molecule has 1 heterocycles. The molecule has 1 amide bonds. The fourth-order valence-corrected chi connectivity index (χ4v) is 2.51. The van der Waals surface area contributed by atoms with E-state index in [9.17, 15) is 9.59 Å². The summed E-state index contributed by atoms with van der Waals surface area (Å²) in [5.74, 6) is -0.164. The second-order valence-electron chi connectivity index (χ2n) is 5.71. The third-order valence-electron chi connectivity index (χ3n) is 3.25. The first kappa shape index (κ1) is 11.4. The molecule has 4 nitrogen and oxygen atoms in total. The van der Waals surface area contributed by atoms with E-state index in [0.29, 0.717) is 0 Å². The lowest BCUT2D eigenvalue weighted by molar-refractivity contribution is -0.166. The van der Waals surface area contributed by atoms with Gasteiger partial charge in [-0.05, 0) is 33.6 Å². The van der Waals surface area contributed by atoms with E-state index in [-0.39, 0.29) is 29.8 Å². The summed E-state index contributed by atoms with van der Waals surface area (Å²) >= 11 is 0. The highest BCUT2D eigenvalue weighted by Crippen LogP contribution is 2.36. The van der Waals surface area contributed by atoms with Crippen LogP contribution in [0, 0.1) is 11.8 Å². The topological polar surface area (TPSA) is 55.4 Å². The molecule has 0 radical (unpaired) electrons. The van der Waals surface area contributed by atoms with Gasteiger partial charge in [0.1, 0.15) is 5.60 Å². The number of amides is 1. The summed E-state index contributed by atoms with van der Waals surface area (Å²) in [6.07, 6.45) is 2.69. The number of hydrogen-bond donors (Lipinski definition) is 1. The van der Waals surface area contributed by atoms with Gasteiger partial charge in [0, 0.05) is 0 Å². The highest BCUT2D eigenvalue weighted by molar-refractivity contribution is 5.89. The number of ether oxygens (including phenoxy) is 1. The number of nitrogens with one attached hydrogen (secondary N) is 1. The average molecular weight is 225 g/mol. The molecule has 2 rings (SSSR count). The van der Waals surface area contributed by atoms with Crippen LogP contribution < -0.4 is 5.32 Å². The molecule has 2 fully saturated rings. The zero-order chi connectivity index (χ0) is 11.9. The molecule has 4 heteroatoms. The number of fused-ring (bicyclic) bond motifs is 1. The van der Waals surface area contributed by atoms with E-state index in [1.807, 2.05) is 20.8 Å². The molecule has 1 saturated heterocycles. The summed E-state index contributed by atoms with van der Waals surface area (Å²) in [5, 5.41) is 2.82. The maximum absolute atomic E-state index is 11.9. The quantitative estimate of drug-likeness (QED) is 0.539. The maximum Gasteiger partial charge on any atom is 0.311 e. The van der Waals surface area contributed by atoms with Crippen molar-refractivity contribution in [3.63, 3.8) is 0 Å². The third-order valence-corrected chi connectivity index (χ3v) is 3.25. The molecule has 1 aliphatic heterocycles. The summed E-state index contributed by atoms with van der Waals surface area (Å²) in [6.45, 7) is 5.60. The molecule has 2 aliphatic rings. The van der Waals surface area contributed by atoms with E-state index >= 15 is 0 Å². The first-order valence-corrected chi connectivity index (χ1v) is 5.92. The van der Waals surface area contributed by atoms with Crippen LogP contribution in [0.15, 0.2) is 0 Å². The summed E-state index contributed by atoms with van der Waals surface area (Å²) in [5.41, 5.74) is -0.447. The highest BCUT2D eigenvalue weighted by Gasteiger charge is 2.49. The van der Waals surface area contributed by atoms with Gasteiger partial charge in [-0.3, -0.25) is 9.59 Å². The third kappa shape index (κ3) is 2.06. The lowest BCUT2D eigenvalue weighted by Crippen LogP contribution is -2.64. The van der Waals surface area contributed by atoms with Crippen molar-refractivity contribution in [1.29, 1.82) is 0 Å². The van der Waals surface area contributed by atoms with Gasteiger partial charge in [0.15, 0.2) is 0 Å². The van der Waals surface area contributed by atoms with Crippen LogP contribution in [-0.4, -0.2) is 23.5 Å². The molecule has 3 atom stereocenters. The molecular weight excluding hydrogens is 206 g/mol. The van der Waals surface area contributed by atoms with E-state index in [1.165, 1.54) is 0 Å². The van der Waals surface area contributed by atoms with Crippen molar-refractivity contribution < 1.29 is 14.3 Å². The van der Waals surface area contributed by atoms with Crippen molar-refractivity contribution >= 4 is 11.9 Å². The molecule has 16 heavy (non-hydrogen) atoms. The normalized spacial score (nSPS) is 33.4. The Kier molecular flexibility index (Phi) is 2.68. The SMILES string of the molecule is CC(C)(C)OC(=O)C1CCC[C@@H]2C(=O)N[C@@H]12. The standard InChI is InChI=1S/C12H19NO3/c1-12(2,3)16-11(15)8-6-4-5-7-9(8)13-10(7)14/h7-9H,4-6H2,1-3H3,(H,13,14)/t7-,8?,9+/m0/s1. The van der Waals surface area contributed by atoms with Crippen LogP contribution in [0.4, 0.5) is 0 Å². The van der Waals surface area contributed by atoms with Crippen LogP contribution in [0.1, 0.15) is 40.0 Å². The monoisotopic (exact) mass is 225 g/mol. The Morgan fingerprint density at radius 3 is 2.62 bits per heavy atom. The van der Waals surface area contributed by atoms with Crippen molar-refractivity contribution in [2.45, 2.75) is 51.7 Å². The first-order chi connectivity index (χ1) is 7.38. The number of carbonyl (C=O) groups excluding carboxylic acids is 2. The van der Waals surface area contributed by atoms with Crippen molar-refractivity contribution in [2.24, 2.45) is 11.8 Å². The van der Waals surface area contributed by atoms with E-state index in [0.717, 1.165) is 19.3 Å². The Hall–Kier alpha value is -1.06. The van der Waals surface area contributed by atoms with E-state index in [1.54, 1.807) is 0 Å². The van der Waals surface area contributed by atoms with Gasteiger partial charge in [-0.15, -0.1) is 0 Å². The summed E-state index contributed by atoms with van der Waals surface area (Å²) < 4.78 is 5.37. The lowest BCUT2D eigenvalue weighted by Gasteiger charge is -2.44. The summed E-state index contributed by atoms with van der Waals surface area (Å²) in [7, 11) is 0. The van der Waals surface area contributed by atoms with Crippen LogP contribution in [-0.2, 0) is 14.3 Å². The molecule has 0 aromatic rings. The molecule has 1 unspecified atom stereocenters. The highest BCUT2D eigenvalue weighted by atomic mass is 16.6. The smallest absolute Gasteiger partial charge is 0.311 e. The fraction of sp³-hybridized carbons (Fsp3) is 0.833. The Balaban J connectivity index is 1.99. The Bertz CT molecular complexity index is 319. The fourth-order valence-electron chi connectivity index (χ4n) is 2.51. The largest absolute Gasteiger partial charge is 0.460 e. The maximum atomic E-state index is 11.9. The molecular formula is C12H19NO3. The number of rotatable bonds is 1. The van der Waals surface area contributed by atoms with Gasteiger partial charge < -0.3 is 10.1 Å². The van der Waals surface area contributed by atoms with Crippen LogP contribution in [0.2, 0.25) is 0 Å². The minimum absolute atomic E-state index is 0.0242. The average Bonchev–Trinajstić information content (AvgIpc) is 2.13. The van der Waals surface area contributed by atoms with Gasteiger partial charge in [-0.2, -0.15) is 0 Å². The molecule has 0 spiro atoms. The van der Waals surface area contributed by atoms with E-state index in [4.69, 9.17) is 4.74 Å². The molecule has 0 bridgehead atoms. The van der Waals surface area contributed by atoms with Crippen molar-refractivity contribution in [3.05, 3.63) is 0 Å². The number of carbonyl (C=O) groups is 2. The van der Waals surface area contributed by atoms with Gasteiger partial charge in [0.05, 0.1) is 17.9 Å². The minimum atomic E-state index is -0.447. The zero-order valence-electron chi connectivity index (χ0n) is 10.1. The lowest BCUT2D eigenvalue weighted by atomic mass is 9.71. The molecule has 90 valence electrons. The van der Waals surface area contributed by atoms with Gasteiger partial charge >= 0.3 is 5.97 Å². The van der Waals surface area contributed by atoms with Gasteiger partial charge in [-0.1, -0.05) is 6.42 Å². The van der Waals surface area contributed by atoms with Crippen LogP contribution in [0.5, 0.6) is 0 Å². The van der Waals surface area contributed by atoms with Crippen LogP contribution in [0.3, 0.4) is 0 Å². The summed E-state index contributed by atoms with van der Waals surface area (Å²) in [4.78, 5) is 23.2. The van der Waals surface area contributed by atoms with E-state index < -0.39 is 5.60 Å². The molecule has 0 aromatic heterocycles. The van der Waals surface area contributed by atoms with Crippen LogP contribution >= 0.6 is 0 Å². The first-order valence-electron chi connectivity index (χ1n) is 5.92. The predicted octanol–water partition coefficient (Wildman–Crippen LogP) is 1.24. The second kappa shape index (κ2) is 3.75.